The summed E-state index contributed by atoms with van der Waals surface area (Å²) < 4.78 is 5.32. The van der Waals surface area contributed by atoms with Crippen molar-refractivity contribution >= 4 is 33.4 Å². The molecule has 6 nitrogen and oxygen atoms in total. The topological polar surface area (TPSA) is 77.0 Å². The quantitative estimate of drug-likeness (QED) is 0.571. The van der Waals surface area contributed by atoms with Crippen molar-refractivity contribution < 1.29 is 9.53 Å². The second kappa shape index (κ2) is 6.69. The van der Waals surface area contributed by atoms with Crippen molar-refractivity contribution in [3.63, 3.8) is 0 Å². The number of benzene rings is 2. The lowest BCUT2D eigenvalue weighted by molar-refractivity contribution is 0.102. The standard InChI is InChI=1S/C21H16N4O2S/c1-27-14-4-5-15-12(10-14)3-7-18-19(15)24-21(28-18)25-20(26)13-2-6-16-17(11-13)23-9-8-22-16/h2,4-6,8-11H,3,7H2,1H3,(H,24,25,26). The van der Waals surface area contributed by atoms with E-state index >= 15 is 0 Å². The number of hydrogen-bond donors (Lipinski definition) is 1. The van der Waals surface area contributed by atoms with E-state index in [-0.39, 0.29) is 5.91 Å². The van der Waals surface area contributed by atoms with E-state index in [1.165, 1.54) is 21.8 Å². The van der Waals surface area contributed by atoms with Crippen LogP contribution in [0.3, 0.4) is 0 Å². The average molecular weight is 388 g/mol. The normalized spacial score (nSPS) is 12.3. The van der Waals surface area contributed by atoms with Crippen LogP contribution >= 0.6 is 11.3 Å². The Morgan fingerprint density at radius 2 is 1.93 bits per heavy atom. The van der Waals surface area contributed by atoms with Crippen LogP contribution in [0.5, 0.6) is 5.75 Å². The number of methoxy groups -OCH3 is 1. The number of nitrogens with one attached hydrogen (secondary N) is 1. The number of carbonyl (C=O) groups excluding carboxylic acids is 1. The molecule has 0 fully saturated rings. The van der Waals surface area contributed by atoms with Crippen LogP contribution in [0.15, 0.2) is 48.8 Å². The van der Waals surface area contributed by atoms with Gasteiger partial charge in [0.25, 0.3) is 5.91 Å². The molecule has 0 aliphatic heterocycles. The Kier molecular flexibility index (Phi) is 4.02. The van der Waals surface area contributed by atoms with Crippen LogP contribution in [0.1, 0.15) is 20.8 Å². The van der Waals surface area contributed by atoms with Gasteiger partial charge in [0.1, 0.15) is 5.75 Å². The van der Waals surface area contributed by atoms with E-state index in [9.17, 15) is 4.79 Å². The van der Waals surface area contributed by atoms with Gasteiger partial charge in [-0.2, -0.15) is 0 Å². The Hall–Kier alpha value is -3.32. The van der Waals surface area contributed by atoms with Crippen LogP contribution < -0.4 is 10.1 Å². The smallest absolute Gasteiger partial charge is 0.257 e. The number of fused-ring (bicyclic) bond motifs is 4. The van der Waals surface area contributed by atoms with Crippen LogP contribution in [0.25, 0.3) is 22.3 Å². The van der Waals surface area contributed by atoms with Gasteiger partial charge >= 0.3 is 0 Å². The van der Waals surface area contributed by atoms with Gasteiger partial charge in [-0.1, -0.05) is 0 Å². The molecule has 1 N–H and O–H groups in total. The summed E-state index contributed by atoms with van der Waals surface area (Å²) in [6, 6.07) is 11.3. The predicted molar refractivity (Wildman–Crippen MR) is 109 cm³/mol. The molecule has 0 spiro atoms. The van der Waals surface area contributed by atoms with E-state index in [1.54, 1.807) is 37.7 Å². The molecule has 1 amide bonds. The maximum atomic E-state index is 12.7. The Morgan fingerprint density at radius 1 is 1.07 bits per heavy atom. The van der Waals surface area contributed by atoms with E-state index in [4.69, 9.17) is 9.72 Å². The molecule has 0 unspecified atom stereocenters. The third-order valence-corrected chi connectivity index (χ3v) is 5.87. The van der Waals surface area contributed by atoms with E-state index in [0.717, 1.165) is 35.4 Å². The Morgan fingerprint density at radius 3 is 2.79 bits per heavy atom. The van der Waals surface area contributed by atoms with Crippen LogP contribution in [0.2, 0.25) is 0 Å². The van der Waals surface area contributed by atoms with Gasteiger partial charge in [-0.15, -0.1) is 11.3 Å². The molecule has 0 saturated carbocycles. The third kappa shape index (κ3) is 2.90. The minimum atomic E-state index is -0.200. The first-order valence-corrected chi connectivity index (χ1v) is 9.72. The first kappa shape index (κ1) is 16.8. The molecule has 0 radical (unpaired) electrons. The molecule has 2 aromatic carbocycles. The van der Waals surface area contributed by atoms with Crippen molar-refractivity contribution in [2.45, 2.75) is 12.8 Å². The fourth-order valence-electron chi connectivity index (χ4n) is 3.44. The minimum absolute atomic E-state index is 0.200. The van der Waals surface area contributed by atoms with Gasteiger partial charge in [0.05, 0.1) is 23.8 Å². The Bertz CT molecular complexity index is 1220. The van der Waals surface area contributed by atoms with Gasteiger partial charge in [0.15, 0.2) is 5.13 Å². The molecular formula is C21H16N4O2S. The van der Waals surface area contributed by atoms with Gasteiger partial charge in [0.2, 0.25) is 0 Å². The summed E-state index contributed by atoms with van der Waals surface area (Å²) in [5, 5.41) is 3.54. The summed E-state index contributed by atoms with van der Waals surface area (Å²) in [5.74, 6) is 0.652. The largest absolute Gasteiger partial charge is 0.497 e. The number of nitrogens with zero attached hydrogens (tertiary/aromatic N) is 3. The summed E-state index contributed by atoms with van der Waals surface area (Å²) in [6.45, 7) is 0. The van der Waals surface area contributed by atoms with Crippen LogP contribution in [0.4, 0.5) is 5.13 Å². The predicted octanol–water partition coefficient (Wildman–Crippen LogP) is 4.11. The van der Waals surface area contributed by atoms with Gasteiger partial charge in [-0.05, 0) is 54.8 Å². The molecular weight excluding hydrogens is 372 g/mol. The van der Waals surface area contributed by atoms with Crippen molar-refractivity contribution in [1.29, 1.82) is 0 Å². The number of aryl methyl sites for hydroxylation is 2. The van der Waals surface area contributed by atoms with Crippen LogP contribution in [-0.2, 0) is 12.8 Å². The highest BCUT2D eigenvalue weighted by atomic mass is 32.1. The second-order valence-corrected chi connectivity index (χ2v) is 7.61. The summed E-state index contributed by atoms with van der Waals surface area (Å²) in [4.78, 5) is 27.1. The fourth-order valence-corrected chi connectivity index (χ4v) is 4.41. The van der Waals surface area contributed by atoms with Crippen molar-refractivity contribution in [3.05, 3.63) is 64.8 Å². The number of ether oxygens (including phenoxy) is 1. The average Bonchev–Trinajstić information content (AvgIpc) is 3.15. The fraction of sp³-hybridized carbons (Fsp3) is 0.143. The summed E-state index contributed by atoms with van der Waals surface area (Å²) in [6.07, 6.45) is 5.11. The first-order chi connectivity index (χ1) is 13.7. The number of anilines is 1. The van der Waals surface area contributed by atoms with Gasteiger partial charge in [0, 0.05) is 28.4 Å². The number of hydrogen-bond acceptors (Lipinski definition) is 6. The highest BCUT2D eigenvalue weighted by Crippen LogP contribution is 2.39. The molecule has 0 atom stereocenters. The van der Waals surface area contributed by atoms with Crippen molar-refractivity contribution in [2.75, 3.05) is 12.4 Å². The lowest BCUT2D eigenvalue weighted by Crippen LogP contribution is -2.11. The zero-order valence-electron chi connectivity index (χ0n) is 15.1. The molecule has 1 aliphatic rings. The second-order valence-electron chi connectivity index (χ2n) is 6.53. The molecule has 0 saturated heterocycles. The van der Waals surface area contributed by atoms with Gasteiger partial charge < -0.3 is 4.74 Å². The zero-order chi connectivity index (χ0) is 19.1. The summed E-state index contributed by atoms with van der Waals surface area (Å²) >= 11 is 1.53. The molecule has 4 aromatic rings. The lowest BCUT2D eigenvalue weighted by Gasteiger charge is -2.15. The minimum Gasteiger partial charge on any atom is -0.497 e. The number of aromatic nitrogens is 3. The summed E-state index contributed by atoms with van der Waals surface area (Å²) in [5.41, 5.74) is 5.27. The number of amides is 1. The highest BCUT2D eigenvalue weighted by Gasteiger charge is 2.22. The van der Waals surface area contributed by atoms with E-state index in [1.807, 2.05) is 12.1 Å². The van der Waals surface area contributed by atoms with Crippen molar-refractivity contribution in [2.24, 2.45) is 0 Å². The number of thiazole rings is 1. The van der Waals surface area contributed by atoms with E-state index < -0.39 is 0 Å². The monoisotopic (exact) mass is 388 g/mol. The Labute approximate surface area is 165 Å². The first-order valence-electron chi connectivity index (χ1n) is 8.90. The van der Waals surface area contributed by atoms with Crippen molar-refractivity contribution in [1.82, 2.24) is 15.0 Å². The number of rotatable bonds is 3. The van der Waals surface area contributed by atoms with Crippen LogP contribution in [-0.4, -0.2) is 28.0 Å². The molecule has 2 aromatic heterocycles. The van der Waals surface area contributed by atoms with E-state index in [2.05, 4.69) is 21.4 Å². The lowest BCUT2D eigenvalue weighted by atomic mass is 9.93. The molecule has 138 valence electrons. The van der Waals surface area contributed by atoms with Gasteiger partial charge in [-0.3, -0.25) is 20.1 Å². The highest BCUT2D eigenvalue weighted by molar-refractivity contribution is 7.16. The maximum Gasteiger partial charge on any atom is 0.257 e. The van der Waals surface area contributed by atoms with Crippen LogP contribution in [0, 0.1) is 0 Å². The zero-order valence-corrected chi connectivity index (χ0v) is 15.9. The molecule has 2 heterocycles. The molecule has 28 heavy (non-hydrogen) atoms. The Balaban J connectivity index is 1.43. The molecule has 0 bridgehead atoms. The summed E-state index contributed by atoms with van der Waals surface area (Å²) in [7, 11) is 1.67. The SMILES string of the molecule is COc1ccc2c(c1)CCc1sc(NC(=O)c3ccc4nccnc4c3)nc1-2. The third-order valence-electron chi connectivity index (χ3n) is 4.84. The number of carbonyl (C=O) groups is 1. The van der Waals surface area contributed by atoms with Gasteiger partial charge in [-0.25, -0.2) is 4.98 Å². The van der Waals surface area contributed by atoms with Crippen molar-refractivity contribution in [3.8, 4) is 17.0 Å². The maximum absolute atomic E-state index is 12.7. The van der Waals surface area contributed by atoms with E-state index in [0.29, 0.717) is 16.2 Å². The molecule has 1 aliphatic carbocycles. The molecule has 5 rings (SSSR count). The molecule has 7 heteroatoms.